The van der Waals surface area contributed by atoms with Crippen molar-refractivity contribution < 1.29 is 9.52 Å². The maximum atomic E-state index is 9.28. The van der Waals surface area contributed by atoms with Gasteiger partial charge in [-0.25, -0.2) is 0 Å². The van der Waals surface area contributed by atoms with Gasteiger partial charge in [0, 0.05) is 14.5 Å². The zero-order valence-corrected chi connectivity index (χ0v) is 13.2. The standard InChI is InChI=1S/C14H8Br2N2O2/c15-9-3-6-12(16)11(7-9)14-18-17-13(20-14)8-1-4-10(19)5-2-8/h1-7,19H. The minimum absolute atomic E-state index is 0.197. The molecule has 0 aliphatic rings. The minimum Gasteiger partial charge on any atom is -0.508 e. The molecule has 1 heterocycles. The summed E-state index contributed by atoms with van der Waals surface area (Å²) in [5.74, 6) is 1.04. The van der Waals surface area contributed by atoms with E-state index in [-0.39, 0.29) is 5.75 Å². The van der Waals surface area contributed by atoms with Crippen LogP contribution in [-0.2, 0) is 0 Å². The fraction of sp³-hybridized carbons (Fsp3) is 0. The number of phenolic OH excluding ortho intramolecular Hbond substituents is 1. The van der Waals surface area contributed by atoms with Gasteiger partial charge in [-0.3, -0.25) is 0 Å². The second-order valence-corrected chi connectivity index (χ2v) is 5.85. The Kier molecular flexibility index (Phi) is 3.58. The maximum Gasteiger partial charge on any atom is 0.249 e. The van der Waals surface area contributed by atoms with Crippen LogP contribution >= 0.6 is 31.9 Å². The molecule has 0 spiro atoms. The summed E-state index contributed by atoms with van der Waals surface area (Å²) < 4.78 is 7.48. The number of nitrogens with zero attached hydrogens (tertiary/aromatic N) is 2. The fourth-order valence-electron chi connectivity index (χ4n) is 1.71. The molecular weight excluding hydrogens is 388 g/mol. The number of aromatic nitrogens is 2. The summed E-state index contributed by atoms with van der Waals surface area (Å²) in [6.45, 7) is 0. The van der Waals surface area contributed by atoms with Gasteiger partial charge in [0.15, 0.2) is 0 Å². The Morgan fingerprint density at radius 3 is 2.35 bits per heavy atom. The Labute approximate surface area is 131 Å². The molecule has 0 amide bonds. The van der Waals surface area contributed by atoms with Crippen molar-refractivity contribution in [3.8, 4) is 28.7 Å². The van der Waals surface area contributed by atoms with Crippen molar-refractivity contribution in [2.24, 2.45) is 0 Å². The first kappa shape index (κ1) is 13.3. The lowest BCUT2D eigenvalue weighted by molar-refractivity contribution is 0.475. The number of benzene rings is 2. The van der Waals surface area contributed by atoms with Crippen LogP contribution < -0.4 is 0 Å². The van der Waals surface area contributed by atoms with Gasteiger partial charge in [-0.2, -0.15) is 0 Å². The monoisotopic (exact) mass is 394 g/mol. The van der Waals surface area contributed by atoms with Crippen LogP contribution in [0.5, 0.6) is 5.75 Å². The third-order valence-corrected chi connectivity index (χ3v) is 3.88. The van der Waals surface area contributed by atoms with Crippen molar-refractivity contribution in [1.29, 1.82) is 0 Å². The van der Waals surface area contributed by atoms with Crippen LogP contribution in [-0.4, -0.2) is 15.3 Å². The summed E-state index contributed by atoms with van der Waals surface area (Å²) in [6.07, 6.45) is 0. The Balaban J connectivity index is 2.01. The predicted octanol–water partition coefficient (Wildman–Crippen LogP) is 4.63. The SMILES string of the molecule is Oc1ccc(-c2nnc(-c3cc(Br)ccc3Br)o2)cc1. The molecule has 100 valence electrons. The number of halogens is 2. The molecule has 0 saturated carbocycles. The first-order valence-corrected chi connectivity index (χ1v) is 7.30. The lowest BCUT2D eigenvalue weighted by atomic mass is 10.2. The summed E-state index contributed by atoms with van der Waals surface area (Å²) >= 11 is 6.88. The molecular formula is C14H8Br2N2O2. The first-order chi connectivity index (χ1) is 9.63. The number of phenols is 1. The van der Waals surface area contributed by atoms with E-state index in [0.29, 0.717) is 11.8 Å². The van der Waals surface area contributed by atoms with Gasteiger partial charge in [-0.05, 0) is 58.4 Å². The molecule has 0 aliphatic heterocycles. The van der Waals surface area contributed by atoms with Gasteiger partial charge in [0.25, 0.3) is 0 Å². The van der Waals surface area contributed by atoms with Crippen molar-refractivity contribution in [2.45, 2.75) is 0 Å². The average molecular weight is 396 g/mol. The summed E-state index contributed by atoms with van der Waals surface area (Å²) in [4.78, 5) is 0. The topological polar surface area (TPSA) is 59.2 Å². The molecule has 20 heavy (non-hydrogen) atoms. The summed E-state index contributed by atoms with van der Waals surface area (Å²) in [7, 11) is 0. The Morgan fingerprint density at radius 1 is 0.900 bits per heavy atom. The zero-order valence-electron chi connectivity index (χ0n) is 10.0. The molecule has 1 aromatic heterocycles. The predicted molar refractivity (Wildman–Crippen MR) is 82.2 cm³/mol. The summed E-state index contributed by atoms with van der Waals surface area (Å²) in [5.41, 5.74) is 1.57. The molecule has 6 heteroatoms. The average Bonchev–Trinajstić information content (AvgIpc) is 2.92. The Bertz CT molecular complexity index is 754. The second kappa shape index (κ2) is 5.38. The van der Waals surface area contributed by atoms with Crippen molar-refractivity contribution in [1.82, 2.24) is 10.2 Å². The summed E-state index contributed by atoms with van der Waals surface area (Å²) in [6, 6.07) is 12.3. The molecule has 0 radical (unpaired) electrons. The third-order valence-electron chi connectivity index (χ3n) is 2.70. The molecule has 0 unspecified atom stereocenters. The van der Waals surface area contributed by atoms with Gasteiger partial charge in [-0.15, -0.1) is 10.2 Å². The molecule has 3 aromatic rings. The van der Waals surface area contributed by atoms with E-state index in [1.54, 1.807) is 24.3 Å². The van der Waals surface area contributed by atoms with Gasteiger partial charge in [-0.1, -0.05) is 15.9 Å². The number of rotatable bonds is 2. The molecule has 1 N–H and O–H groups in total. The third kappa shape index (κ3) is 2.62. The smallest absolute Gasteiger partial charge is 0.249 e. The van der Waals surface area contributed by atoms with E-state index in [1.165, 1.54) is 0 Å². The van der Waals surface area contributed by atoms with Gasteiger partial charge >= 0.3 is 0 Å². The number of aromatic hydroxyl groups is 1. The zero-order chi connectivity index (χ0) is 14.1. The van der Waals surface area contributed by atoms with E-state index in [4.69, 9.17) is 4.42 Å². The molecule has 0 atom stereocenters. The molecule has 4 nitrogen and oxygen atoms in total. The van der Waals surface area contributed by atoms with E-state index >= 15 is 0 Å². The minimum atomic E-state index is 0.197. The molecule has 2 aromatic carbocycles. The van der Waals surface area contributed by atoms with Gasteiger partial charge in [0.1, 0.15) is 5.75 Å². The van der Waals surface area contributed by atoms with Crippen LogP contribution in [0.25, 0.3) is 22.9 Å². The van der Waals surface area contributed by atoms with Crippen LogP contribution in [0.15, 0.2) is 55.8 Å². The van der Waals surface area contributed by atoms with E-state index in [0.717, 1.165) is 20.1 Å². The normalized spacial score (nSPS) is 10.7. The fourth-order valence-corrected chi connectivity index (χ4v) is 2.49. The highest BCUT2D eigenvalue weighted by atomic mass is 79.9. The highest BCUT2D eigenvalue weighted by Gasteiger charge is 2.13. The second-order valence-electron chi connectivity index (χ2n) is 4.08. The molecule has 3 rings (SSSR count). The van der Waals surface area contributed by atoms with Crippen molar-refractivity contribution in [3.05, 3.63) is 51.4 Å². The van der Waals surface area contributed by atoms with Crippen LogP contribution in [0, 0.1) is 0 Å². The molecule has 0 bridgehead atoms. The number of hydrogen-bond acceptors (Lipinski definition) is 4. The van der Waals surface area contributed by atoms with Crippen molar-refractivity contribution >= 4 is 31.9 Å². The van der Waals surface area contributed by atoms with Gasteiger partial charge < -0.3 is 9.52 Å². The van der Waals surface area contributed by atoms with Crippen molar-refractivity contribution in [2.75, 3.05) is 0 Å². The summed E-state index contributed by atoms with van der Waals surface area (Å²) in [5, 5.41) is 17.4. The van der Waals surface area contributed by atoms with Gasteiger partial charge in [0.05, 0.1) is 5.56 Å². The largest absolute Gasteiger partial charge is 0.508 e. The molecule has 0 saturated heterocycles. The lowest BCUT2D eigenvalue weighted by Gasteiger charge is -1.99. The van der Waals surface area contributed by atoms with Gasteiger partial charge in [0.2, 0.25) is 11.8 Å². The molecule has 0 fully saturated rings. The van der Waals surface area contributed by atoms with Crippen LogP contribution in [0.2, 0.25) is 0 Å². The highest BCUT2D eigenvalue weighted by Crippen LogP contribution is 2.32. The first-order valence-electron chi connectivity index (χ1n) is 5.72. The van der Waals surface area contributed by atoms with E-state index in [2.05, 4.69) is 42.1 Å². The van der Waals surface area contributed by atoms with E-state index < -0.39 is 0 Å². The lowest BCUT2D eigenvalue weighted by Crippen LogP contribution is -1.80. The quantitative estimate of drug-likeness (QED) is 0.686. The molecule has 0 aliphatic carbocycles. The number of hydrogen-bond donors (Lipinski definition) is 1. The Hall–Kier alpha value is -1.66. The highest BCUT2D eigenvalue weighted by molar-refractivity contribution is 9.11. The Morgan fingerprint density at radius 2 is 1.60 bits per heavy atom. The van der Waals surface area contributed by atoms with Crippen LogP contribution in [0.1, 0.15) is 0 Å². The van der Waals surface area contributed by atoms with E-state index in [9.17, 15) is 5.11 Å². The van der Waals surface area contributed by atoms with Crippen molar-refractivity contribution in [3.63, 3.8) is 0 Å². The van der Waals surface area contributed by atoms with Crippen LogP contribution in [0.4, 0.5) is 0 Å². The van der Waals surface area contributed by atoms with Crippen LogP contribution in [0.3, 0.4) is 0 Å². The van der Waals surface area contributed by atoms with E-state index in [1.807, 2.05) is 18.2 Å². The maximum absolute atomic E-state index is 9.28.